The van der Waals surface area contributed by atoms with Crippen molar-refractivity contribution in [3.05, 3.63) is 52.0 Å². The van der Waals surface area contributed by atoms with E-state index in [0.29, 0.717) is 35.2 Å². The Morgan fingerprint density at radius 3 is 2.62 bits per heavy atom. The van der Waals surface area contributed by atoms with Crippen molar-refractivity contribution in [2.75, 3.05) is 19.6 Å². The zero-order valence-corrected chi connectivity index (χ0v) is 15.4. The minimum absolute atomic E-state index is 0.145. The van der Waals surface area contributed by atoms with Crippen molar-refractivity contribution < 1.29 is 8.42 Å². The third kappa shape index (κ3) is 3.75. The van der Waals surface area contributed by atoms with Gasteiger partial charge in [-0.25, -0.2) is 13.4 Å². The van der Waals surface area contributed by atoms with E-state index in [0.717, 1.165) is 5.82 Å². The van der Waals surface area contributed by atoms with Crippen molar-refractivity contribution >= 4 is 33.2 Å². The molecule has 0 radical (unpaired) electrons. The normalized spacial score (nSPS) is 19.5. The van der Waals surface area contributed by atoms with Crippen molar-refractivity contribution in [1.82, 2.24) is 19.2 Å². The van der Waals surface area contributed by atoms with Gasteiger partial charge >= 0.3 is 0 Å². The first-order chi connectivity index (χ1) is 11.4. The molecule has 0 bridgehead atoms. The standard InChI is InChI=1S/C15H18Cl2N4O2S/c1-20-4-3-19-15(20)14-9-18-2-5-21(14)24(22,23)10-11-6-12(16)8-13(17)7-11/h3-4,6-8,14,18H,2,5,9-10H2,1H3. The molecule has 1 unspecified atom stereocenters. The number of aryl methyl sites for hydroxylation is 1. The minimum atomic E-state index is -3.54. The number of hydrogen-bond donors (Lipinski definition) is 1. The number of piperazine rings is 1. The SMILES string of the molecule is Cn1ccnc1C1CNCCN1S(=O)(=O)Cc1cc(Cl)cc(Cl)c1. The van der Waals surface area contributed by atoms with E-state index in [2.05, 4.69) is 10.3 Å². The second kappa shape index (κ2) is 7.01. The Bertz CT molecular complexity index is 817. The summed E-state index contributed by atoms with van der Waals surface area (Å²) >= 11 is 12.0. The van der Waals surface area contributed by atoms with Crippen LogP contribution >= 0.6 is 23.2 Å². The molecule has 1 fully saturated rings. The third-order valence-electron chi connectivity index (χ3n) is 3.98. The third-order valence-corrected chi connectivity index (χ3v) is 6.27. The molecular weight excluding hydrogens is 371 g/mol. The highest BCUT2D eigenvalue weighted by molar-refractivity contribution is 7.88. The topological polar surface area (TPSA) is 67.2 Å². The number of nitrogens with one attached hydrogen (secondary N) is 1. The highest BCUT2D eigenvalue weighted by atomic mass is 35.5. The first kappa shape index (κ1) is 17.7. The quantitative estimate of drug-likeness (QED) is 0.871. The molecule has 1 aromatic carbocycles. The van der Waals surface area contributed by atoms with Crippen molar-refractivity contribution in [1.29, 1.82) is 0 Å². The lowest BCUT2D eigenvalue weighted by Crippen LogP contribution is -2.49. The molecule has 2 aromatic rings. The Hall–Kier alpha value is -1.12. The lowest BCUT2D eigenvalue weighted by molar-refractivity contribution is 0.258. The van der Waals surface area contributed by atoms with Crippen molar-refractivity contribution in [3.8, 4) is 0 Å². The van der Waals surface area contributed by atoms with Crippen LogP contribution in [0.5, 0.6) is 0 Å². The average Bonchev–Trinajstić information content (AvgIpc) is 2.91. The number of nitrogens with zero attached hydrogens (tertiary/aromatic N) is 3. The number of imidazole rings is 1. The first-order valence-electron chi connectivity index (χ1n) is 7.49. The second-order valence-electron chi connectivity index (χ2n) is 5.76. The van der Waals surface area contributed by atoms with Gasteiger partial charge in [0.25, 0.3) is 0 Å². The molecule has 24 heavy (non-hydrogen) atoms. The maximum Gasteiger partial charge on any atom is 0.219 e. The molecule has 1 saturated heterocycles. The molecule has 9 heteroatoms. The molecule has 1 aromatic heterocycles. The van der Waals surface area contributed by atoms with Crippen LogP contribution in [0, 0.1) is 0 Å². The highest BCUT2D eigenvalue weighted by Gasteiger charge is 2.35. The van der Waals surface area contributed by atoms with Crippen LogP contribution in [0.4, 0.5) is 0 Å². The maximum atomic E-state index is 13.0. The molecule has 1 N–H and O–H groups in total. The predicted molar refractivity (Wildman–Crippen MR) is 94.6 cm³/mol. The van der Waals surface area contributed by atoms with Gasteiger partial charge in [-0.05, 0) is 23.8 Å². The monoisotopic (exact) mass is 388 g/mol. The van der Waals surface area contributed by atoms with Gasteiger partial charge in [0, 0.05) is 49.1 Å². The molecule has 1 aliphatic rings. The van der Waals surface area contributed by atoms with Crippen LogP contribution in [0.3, 0.4) is 0 Å². The summed E-state index contributed by atoms with van der Waals surface area (Å²) in [4.78, 5) is 4.31. The summed E-state index contributed by atoms with van der Waals surface area (Å²) in [5.74, 6) is 0.573. The van der Waals surface area contributed by atoms with Crippen LogP contribution in [0.25, 0.3) is 0 Å². The van der Waals surface area contributed by atoms with E-state index in [-0.39, 0.29) is 11.8 Å². The zero-order chi connectivity index (χ0) is 17.3. The summed E-state index contributed by atoms with van der Waals surface area (Å²) in [6.45, 7) is 1.53. The minimum Gasteiger partial charge on any atom is -0.337 e. The smallest absolute Gasteiger partial charge is 0.219 e. The fourth-order valence-electron chi connectivity index (χ4n) is 2.92. The molecule has 0 saturated carbocycles. The van der Waals surface area contributed by atoms with E-state index < -0.39 is 10.0 Å². The number of aromatic nitrogens is 2. The van der Waals surface area contributed by atoms with Gasteiger partial charge < -0.3 is 9.88 Å². The number of benzene rings is 1. The van der Waals surface area contributed by atoms with Crippen LogP contribution in [0.1, 0.15) is 17.4 Å². The fourth-order valence-corrected chi connectivity index (χ4v) is 5.18. The van der Waals surface area contributed by atoms with E-state index in [1.54, 1.807) is 24.4 Å². The molecule has 0 spiro atoms. The van der Waals surface area contributed by atoms with E-state index in [1.165, 1.54) is 4.31 Å². The van der Waals surface area contributed by atoms with Crippen LogP contribution < -0.4 is 5.32 Å². The van der Waals surface area contributed by atoms with Gasteiger partial charge in [0.2, 0.25) is 10.0 Å². The molecular formula is C15H18Cl2N4O2S. The summed E-state index contributed by atoms with van der Waals surface area (Å²) < 4.78 is 29.3. The fraction of sp³-hybridized carbons (Fsp3) is 0.400. The molecule has 1 aliphatic heterocycles. The van der Waals surface area contributed by atoms with Gasteiger partial charge in [0.1, 0.15) is 5.82 Å². The lowest BCUT2D eigenvalue weighted by atomic mass is 10.2. The van der Waals surface area contributed by atoms with E-state index in [4.69, 9.17) is 23.2 Å². The van der Waals surface area contributed by atoms with E-state index in [1.807, 2.05) is 17.8 Å². The van der Waals surface area contributed by atoms with Crippen molar-refractivity contribution in [2.24, 2.45) is 7.05 Å². The summed E-state index contributed by atoms with van der Waals surface area (Å²) in [7, 11) is -1.68. The molecule has 6 nitrogen and oxygen atoms in total. The molecule has 0 amide bonds. The molecule has 1 atom stereocenters. The van der Waals surface area contributed by atoms with Gasteiger partial charge in [0.15, 0.2) is 0 Å². The first-order valence-corrected chi connectivity index (χ1v) is 9.86. The highest BCUT2D eigenvalue weighted by Crippen LogP contribution is 2.27. The van der Waals surface area contributed by atoms with Crippen molar-refractivity contribution in [3.63, 3.8) is 0 Å². The Morgan fingerprint density at radius 1 is 1.29 bits per heavy atom. The molecule has 3 rings (SSSR count). The van der Waals surface area contributed by atoms with E-state index in [9.17, 15) is 8.42 Å². The maximum absolute atomic E-state index is 13.0. The second-order valence-corrected chi connectivity index (χ2v) is 8.56. The Balaban J connectivity index is 1.90. The Morgan fingerprint density at radius 2 is 2.00 bits per heavy atom. The predicted octanol–water partition coefficient (Wildman–Crippen LogP) is 2.20. The largest absolute Gasteiger partial charge is 0.337 e. The van der Waals surface area contributed by atoms with Crippen LogP contribution in [0.15, 0.2) is 30.6 Å². The van der Waals surface area contributed by atoms with Gasteiger partial charge in [-0.1, -0.05) is 23.2 Å². The number of hydrogen-bond acceptors (Lipinski definition) is 4. The van der Waals surface area contributed by atoms with Gasteiger partial charge in [-0.15, -0.1) is 0 Å². The summed E-state index contributed by atoms with van der Waals surface area (Å²) in [6, 6.07) is 4.51. The summed E-state index contributed by atoms with van der Waals surface area (Å²) in [5.41, 5.74) is 0.574. The Kier molecular flexibility index (Phi) is 5.17. The molecule has 0 aliphatic carbocycles. The van der Waals surface area contributed by atoms with Gasteiger partial charge in [-0.3, -0.25) is 0 Å². The van der Waals surface area contributed by atoms with Crippen molar-refractivity contribution in [2.45, 2.75) is 11.8 Å². The lowest BCUT2D eigenvalue weighted by Gasteiger charge is -2.34. The van der Waals surface area contributed by atoms with Gasteiger partial charge in [-0.2, -0.15) is 4.31 Å². The number of sulfonamides is 1. The summed E-state index contributed by atoms with van der Waals surface area (Å²) in [6.07, 6.45) is 3.48. The average molecular weight is 389 g/mol. The Labute approximate surface area is 151 Å². The van der Waals surface area contributed by atoms with Crippen LogP contribution in [-0.2, 0) is 22.8 Å². The molecule has 130 valence electrons. The van der Waals surface area contributed by atoms with Gasteiger partial charge in [0.05, 0.1) is 11.8 Å². The van der Waals surface area contributed by atoms with Crippen LogP contribution in [0.2, 0.25) is 10.0 Å². The summed E-state index contributed by atoms with van der Waals surface area (Å²) in [5, 5.41) is 4.08. The zero-order valence-electron chi connectivity index (χ0n) is 13.1. The number of rotatable bonds is 4. The molecule has 2 heterocycles. The number of halogens is 2. The van der Waals surface area contributed by atoms with E-state index >= 15 is 0 Å². The van der Waals surface area contributed by atoms with Crippen LogP contribution in [-0.4, -0.2) is 41.9 Å².